The molecule has 0 unspecified atom stereocenters. The third-order valence-electron chi connectivity index (χ3n) is 4.08. The summed E-state index contributed by atoms with van der Waals surface area (Å²) in [6, 6.07) is 12.0. The van der Waals surface area contributed by atoms with E-state index in [4.69, 9.17) is 0 Å². The van der Waals surface area contributed by atoms with E-state index in [1.54, 1.807) is 0 Å². The zero-order valence-corrected chi connectivity index (χ0v) is 10.0. The molecule has 0 spiro atoms. The quantitative estimate of drug-likeness (QED) is 0.815. The Bertz CT molecular complexity index is 368. The molecule has 0 radical (unpaired) electrons. The predicted octanol–water partition coefficient (Wildman–Crippen LogP) is 0.984. The van der Waals surface area contributed by atoms with Gasteiger partial charge in [-0.05, 0) is 18.4 Å². The molecular weight excluding hydrogens is 212 g/mol. The summed E-state index contributed by atoms with van der Waals surface area (Å²) < 4.78 is 0. The maximum absolute atomic E-state index is 9.58. The molecule has 3 rings (SSSR count). The van der Waals surface area contributed by atoms with Gasteiger partial charge in [0.05, 0.1) is 6.61 Å². The van der Waals surface area contributed by atoms with Gasteiger partial charge in [-0.2, -0.15) is 0 Å². The lowest BCUT2D eigenvalue weighted by Gasteiger charge is -2.40. The number of benzene rings is 1. The molecule has 3 nitrogen and oxygen atoms in total. The van der Waals surface area contributed by atoms with Crippen molar-refractivity contribution >= 4 is 0 Å². The van der Waals surface area contributed by atoms with Gasteiger partial charge in [0.2, 0.25) is 0 Å². The number of rotatable bonds is 3. The molecule has 1 aromatic rings. The number of fused-ring (bicyclic) bond motifs is 2. The molecule has 2 N–H and O–H groups in total. The molecule has 3 heteroatoms. The summed E-state index contributed by atoms with van der Waals surface area (Å²) in [5, 5.41) is 13.2. The monoisotopic (exact) mass is 232 g/mol. The number of hydrogen-bond acceptors (Lipinski definition) is 3. The van der Waals surface area contributed by atoms with E-state index in [9.17, 15) is 5.11 Å². The van der Waals surface area contributed by atoms with Gasteiger partial charge in [-0.1, -0.05) is 30.3 Å². The molecule has 0 aromatic heterocycles. The zero-order valence-electron chi connectivity index (χ0n) is 10.0. The average molecular weight is 232 g/mol. The van der Waals surface area contributed by atoms with Crippen molar-refractivity contribution in [2.45, 2.75) is 37.5 Å². The molecule has 2 heterocycles. The van der Waals surface area contributed by atoms with Gasteiger partial charge in [-0.25, -0.2) is 0 Å². The highest BCUT2D eigenvalue weighted by atomic mass is 16.3. The fourth-order valence-corrected chi connectivity index (χ4v) is 3.21. The molecule has 92 valence electrons. The largest absolute Gasteiger partial charge is 0.395 e. The summed E-state index contributed by atoms with van der Waals surface area (Å²) in [6.45, 7) is 2.29. The summed E-state index contributed by atoms with van der Waals surface area (Å²) in [6.07, 6.45) is 2.47. The van der Waals surface area contributed by atoms with Crippen LogP contribution in [0, 0.1) is 0 Å². The van der Waals surface area contributed by atoms with Crippen LogP contribution in [0.15, 0.2) is 30.3 Å². The number of hydrogen-bond donors (Lipinski definition) is 2. The van der Waals surface area contributed by atoms with Gasteiger partial charge >= 0.3 is 0 Å². The fraction of sp³-hybridized carbons (Fsp3) is 0.571. The predicted molar refractivity (Wildman–Crippen MR) is 67.7 cm³/mol. The molecular formula is C14H20N2O. The first-order valence-electron chi connectivity index (χ1n) is 6.51. The van der Waals surface area contributed by atoms with Crippen LogP contribution in [0.2, 0.25) is 0 Å². The minimum Gasteiger partial charge on any atom is -0.395 e. The Morgan fingerprint density at radius 3 is 2.82 bits per heavy atom. The second kappa shape index (κ2) is 4.77. The van der Waals surface area contributed by atoms with Crippen molar-refractivity contribution in [1.29, 1.82) is 0 Å². The van der Waals surface area contributed by atoms with E-state index >= 15 is 0 Å². The molecule has 0 saturated carbocycles. The lowest BCUT2D eigenvalue weighted by molar-refractivity contribution is 0.0637. The Labute approximate surface area is 102 Å². The van der Waals surface area contributed by atoms with Crippen molar-refractivity contribution in [2.24, 2.45) is 0 Å². The Morgan fingerprint density at radius 2 is 2.06 bits per heavy atom. The van der Waals surface area contributed by atoms with Gasteiger partial charge in [-0.3, -0.25) is 4.90 Å². The second-order valence-corrected chi connectivity index (χ2v) is 5.21. The van der Waals surface area contributed by atoms with Gasteiger partial charge in [0, 0.05) is 31.2 Å². The summed E-state index contributed by atoms with van der Waals surface area (Å²) in [5.74, 6) is 0. The van der Waals surface area contributed by atoms with Crippen molar-refractivity contribution in [3.05, 3.63) is 35.9 Å². The van der Waals surface area contributed by atoms with Gasteiger partial charge < -0.3 is 10.4 Å². The van der Waals surface area contributed by atoms with E-state index in [2.05, 4.69) is 40.5 Å². The maximum Gasteiger partial charge on any atom is 0.0602 e. The molecule has 3 atom stereocenters. The first kappa shape index (κ1) is 11.2. The molecule has 2 bridgehead atoms. The van der Waals surface area contributed by atoms with Crippen LogP contribution in [0.25, 0.3) is 0 Å². The molecule has 2 fully saturated rings. The van der Waals surface area contributed by atoms with E-state index in [1.807, 2.05) is 0 Å². The van der Waals surface area contributed by atoms with E-state index in [-0.39, 0.29) is 12.6 Å². The van der Waals surface area contributed by atoms with Crippen LogP contribution in [0.1, 0.15) is 18.4 Å². The molecule has 1 aromatic carbocycles. The van der Waals surface area contributed by atoms with Gasteiger partial charge in [-0.15, -0.1) is 0 Å². The number of nitrogens with one attached hydrogen (secondary N) is 1. The highest BCUT2D eigenvalue weighted by Gasteiger charge is 2.39. The van der Waals surface area contributed by atoms with Crippen LogP contribution >= 0.6 is 0 Å². The first-order chi connectivity index (χ1) is 8.36. The third-order valence-corrected chi connectivity index (χ3v) is 4.08. The van der Waals surface area contributed by atoms with Crippen molar-refractivity contribution in [1.82, 2.24) is 10.2 Å². The summed E-state index contributed by atoms with van der Waals surface area (Å²) in [5.41, 5.74) is 1.34. The van der Waals surface area contributed by atoms with Crippen LogP contribution in [0.5, 0.6) is 0 Å². The van der Waals surface area contributed by atoms with Crippen LogP contribution in [0.4, 0.5) is 0 Å². The highest BCUT2D eigenvalue weighted by molar-refractivity contribution is 5.15. The number of aliphatic hydroxyl groups excluding tert-OH is 1. The van der Waals surface area contributed by atoms with Crippen LogP contribution in [0.3, 0.4) is 0 Å². The molecule has 2 aliphatic heterocycles. The number of piperazine rings is 1. The van der Waals surface area contributed by atoms with E-state index < -0.39 is 0 Å². The molecule has 17 heavy (non-hydrogen) atoms. The lowest BCUT2D eigenvalue weighted by atomic mass is 10.0. The van der Waals surface area contributed by atoms with Crippen molar-refractivity contribution in [3.63, 3.8) is 0 Å². The number of likely N-dealkylation sites (tertiary alicyclic amines) is 1. The van der Waals surface area contributed by atoms with Crippen LogP contribution in [-0.4, -0.2) is 41.3 Å². The molecule has 2 aliphatic rings. The summed E-state index contributed by atoms with van der Waals surface area (Å²) in [4.78, 5) is 2.44. The molecule has 2 saturated heterocycles. The highest BCUT2D eigenvalue weighted by Crippen LogP contribution is 2.26. The minimum atomic E-state index is 0.261. The Kier molecular flexibility index (Phi) is 3.14. The van der Waals surface area contributed by atoms with Crippen molar-refractivity contribution in [2.75, 3.05) is 13.2 Å². The zero-order chi connectivity index (χ0) is 11.7. The minimum absolute atomic E-state index is 0.261. The van der Waals surface area contributed by atoms with Gasteiger partial charge in [0.15, 0.2) is 0 Å². The Hall–Kier alpha value is -0.900. The summed E-state index contributed by atoms with van der Waals surface area (Å²) >= 11 is 0. The van der Waals surface area contributed by atoms with Crippen LogP contribution < -0.4 is 5.32 Å². The Morgan fingerprint density at radius 1 is 1.24 bits per heavy atom. The maximum atomic E-state index is 9.58. The van der Waals surface area contributed by atoms with Crippen molar-refractivity contribution < 1.29 is 5.11 Å². The lowest BCUT2D eigenvalue weighted by Crippen LogP contribution is -2.58. The third kappa shape index (κ3) is 2.23. The normalized spacial score (nSPS) is 32.9. The summed E-state index contributed by atoms with van der Waals surface area (Å²) in [7, 11) is 0. The second-order valence-electron chi connectivity index (χ2n) is 5.21. The van der Waals surface area contributed by atoms with E-state index in [0.717, 1.165) is 13.1 Å². The number of nitrogens with zero attached hydrogens (tertiary/aromatic N) is 1. The number of aliphatic hydroxyl groups is 1. The van der Waals surface area contributed by atoms with E-state index in [1.165, 1.54) is 18.4 Å². The smallest absolute Gasteiger partial charge is 0.0602 e. The molecule has 0 amide bonds. The van der Waals surface area contributed by atoms with Crippen molar-refractivity contribution in [3.8, 4) is 0 Å². The standard InChI is InChI=1S/C14H20N2O/c17-10-14-13-7-6-12(15-13)9-16(14)8-11-4-2-1-3-5-11/h1-5,12-15,17H,6-10H2/t12-,13+,14-/m1/s1. The average Bonchev–Trinajstić information content (AvgIpc) is 2.74. The Balaban J connectivity index is 1.73. The van der Waals surface area contributed by atoms with E-state index in [0.29, 0.717) is 12.1 Å². The SMILES string of the molecule is OC[C@@H]1[C@@H]2CC[C@H](CN1Cc1ccccc1)N2. The van der Waals surface area contributed by atoms with Crippen LogP contribution in [-0.2, 0) is 6.54 Å². The molecule has 0 aliphatic carbocycles. The van der Waals surface area contributed by atoms with Gasteiger partial charge in [0.1, 0.15) is 0 Å². The fourth-order valence-electron chi connectivity index (χ4n) is 3.21. The first-order valence-corrected chi connectivity index (χ1v) is 6.51. The topological polar surface area (TPSA) is 35.5 Å². The van der Waals surface area contributed by atoms with Gasteiger partial charge in [0.25, 0.3) is 0 Å².